The number of anilines is 1. The quantitative estimate of drug-likeness (QED) is 0.553. The molecule has 3 nitrogen and oxygen atoms in total. The lowest BCUT2D eigenvalue weighted by Gasteiger charge is -1.96. The summed E-state index contributed by atoms with van der Waals surface area (Å²) in [6, 6.07) is 2.09. The molecule has 0 saturated carbocycles. The maximum absolute atomic E-state index is 4.23. The second kappa shape index (κ2) is 1.95. The Hall–Kier alpha value is -1.09. The van der Waals surface area contributed by atoms with Gasteiger partial charge in [0.1, 0.15) is 0 Å². The summed E-state index contributed by atoms with van der Waals surface area (Å²) in [5.74, 6) is 0. The van der Waals surface area contributed by atoms with Crippen LogP contribution < -0.4 is 10.9 Å². The molecular weight excluding hydrogens is 126 g/mol. The average Bonchev–Trinajstić information content (AvgIpc) is 2.33. The maximum atomic E-state index is 4.23. The standard InChI is InChI=1S/C7H9N3/c1-5-2-6-7(8-3-5)4-9-10-6/h2-3,9-10H,4H2,1H3. The fourth-order valence-corrected chi connectivity index (χ4v) is 1.07. The Labute approximate surface area is 59.4 Å². The third-order valence-electron chi connectivity index (χ3n) is 1.59. The Morgan fingerprint density at radius 2 is 2.50 bits per heavy atom. The summed E-state index contributed by atoms with van der Waals surface area (Å²) in [7, 11) is 0. The highest BCUT2D eigenvalue weighted by atomic mass is 15.4. The van der Waals surface area contributed by atoms with Crippen LogP contribution in [0.15, 0.2) is 12.3 Å². The maximum Gasteiger partial charge on any atom is 0.0804 e. The fraction of sp³-hybridized carbons (Fsp3) is 0.286. The van der Waals surface area contributed by atoms with Gasteiger partial charge in [0.25, 0.3) is 0 Å². The van der Waals surface area contributed by atoms with Gasteiger partial charge in [-0.2, -0.15) is 0 Å². The SMILES string of the molecule is Cc1cnc2c(c1)NNC2. The molecule has 1 aromatic rings. The molecule has 3 heteroatoms. The number of hydrazine groups is 1. The van der Waals surface area contributed by atoms with Crippen molar-refractivity contribution >= 4 is 5.69 Å². The molecule has 1 aliphatic heterocycles. The first-order chi connectivity index (χ1) is 4.86. The Morgan fingerprint density at radius 1 is 1.60 bits per heavy atom. The zero-order valence-corrected chi connectivity index (χ0v) is 5.81. The van der Waals surface area contributed by atoms with Crippen molar-refractivity contribution in [2.45, 2.75) is 13.5 Å². The van der Waals surface area contributed by atoms with Crippen LogP contribution in [0.25, 0.3) is 0 Å². The van der Waals surface area contributed by atoms with Crippen LogP contribution in [0, 0.1) is 6.92 Å². The number of pyridine rings is 1. The molecule has 2 rings (SSSR count). The zero-order chi connectivity index (χ0) is 6.97. The molecule has 52 valence electrons. The number of hydrogen-bond acceptors (Lipinski definition) is 3. The first-order valence-electron chi connectivity index (χ1n) is 3.30. The number of aromatic nitrogens is 1. The molecule has 0 fully saturated rings. The van der Waals surface area contributed by atoms with E-state index in [-0.39, 0.29) is 0 Å². The topological polar surface area (TPSA) is 37.0 Å². The van der Waals surface area contributed by atoms with E-state index in [4.69, 9.17) is 0 Å². The van der Waals surface area contributed by atoms with E-state index in [9.17, 15) is 0 Å². The van der Waals surface area contributed by atoms with Crippen LogP contribution in [-0.4, -0.2) is 4.98 Å². The highest BCUT2D eigenvalue weighted by molar-refractivity contribution is 5.51. The van der Waals surface area contributed by atoms with Crippen molar-refractivity contribution in [3.05, 3.63) is 23.5 Å². The van der Waals surface area contributed by atoms with Gasteiger partial charge in [-0.05, 0) is 18.6 Å². The average molecular weight is 135 g/mol. The van der Waals surface area contributed by atoms with Crippen LogP contribution >= 0.6 is 0 Å². The molecule has 2 N–H and O–H groups in total. The van der Waals surface area contributed by atoms with E-state index in [1.807, 2.05) is 13.1 Å². The minimum atomic E-state index is 0.829. The van der Waals surface area contributed by atoms with Gasteiger partial charge in [0, 0.05) is 6.20 Å². The van der Waals surface area contributed by atoms with Crippen molar-refractivity contribution in [1.82, 2.24) is 10.4 Å². The van der Waals surface area contributed by atoms with E-state index in [1.54, 1.807) is 0 Å². The van der Waals surface area contributed by atoms with Crippen molar-refractivity contribution in [3.63, 3.8) is 0 Å². The van der Waals surface area contributed by atoms with Crippen LogP contribution in [-0.2, 0) is 6.54 Å². The third kappa shape index (κ3) is 0.752. The molecule has 0 aliphatic carbocycles. The predicted molar refractivity (Wildman–Crippen MR) is 39.4 cm³/mol. The molecule has 2 heterocycles. The summed E-state index contributed by atoms with van der Waals surface area (Å²) in [6.07, 6.45) is 1.88. The smallest absolute Gasteiger partial charge is 0.0804 e. The summed E-state index contributed by atoms with van der Waals surface area (Å²) in [6.45, 7) is 2.86. The van der Waals surface area contributed by atoms with Gasteiger partial charge in [0.15, 0.2) is 0 Å². The lowest BCUT2D eigenvalue weighted by molar-refractivity contribution is 0.841. The van der Waals surface area contributed by atoms with Gasteiger partial charge in [-0.25, -0.2) is 5.43 Å². The number of nitrogens with one attached hydrogen (secondary N) is 2. The Kier molecular flexibility index (Phi) is 1.11. The van der Waals surface area contributed by atoms with Crippen LogP contribution in [0.1, 0.15) is 11.3 Å². The second-order valence-electron chi connectivity index (χ2n) is 2.49. The number of nitrogens with zero attached hydrogens (tertiary/aromatic N) is 1. The molecule has 0 radical (unpaired) electrons. The lowest BCUT2D eigenvalue weighted by Crippen LogP contribution is -2.10. The summed E-state index contributed by atoms with van der Waals surface area (Å²) in [4.78, 5) is 4.23. The van der Waals surface area contributed by atoms with E-state index < -0.39 is 0 Å². The molecule has 1 aliphatic rings. The van der Waals surface area contributed by atoms with Gasteiger partial charge in [-0.1, -0.05) is 0 Å². The molecule has 0 bridgehead atoms. The first-order valence-corrected chi connectivity index (χ1v) is 3.30. The van der Waals surface area contributed by atoms with Crippen LogP contribution in [0.5, 0.6) is 0 Å². The van der Waals surface area contributed by atoms with E-state index in [0.717, 1.165) is 17.9 Å². The Morgan fingerprint density at radius 3 is 3.40 bits per heavy atom. The van der Waals surface area contributed by atoms with Crippen molar-refractivity contribution in [3.8, 4) is 0 Å². The fourth-order valence-electron chi connectivity index (χ4n) is 1.07. The summed E-state index contributed by atoms with van der Waals surface area (Å²) in [5.41, 5.74) is 9.43. The van der Waals surface area contributed by atoms with Crippen molar-refractivity contribution in [2.24, 2.45) is 0 Å². The van der Waals surface area contributed by atoms with Crippen molar-refractivity contribution in [2.75, 3.05) is 5.43 Å². The normalized spacial score (nSPS) is 14.5. The van der Waals surface area contributed by atoms with Crippen LogP contribution in [0.2, 0.25) is 0 Å². The summed E-state index contributed by atoms with van der Waals surface area (Å²) < 4.78 is 0. The summed E-state index contributed by atoms with van der Waals surface area (Å²) in [5, 5.41) is 0. The monoisotopic (exact) mass is 135 g/mol. The van der Waals surface area contributed by atoms with Crippen LogP contribution in [0.4, 0.5) is 5.69 Å². The molecule has 0 spiro atoms. The second-order valence-corrected chi connectivity index (χ2v) is 2.49. The molecule has 0 unspecified atom stereocenters. The Bertz CT molecular complexity index is 257. The van der Waals surface area contributed by atoms with Crippen molar-refractivity contribution in [1.29, 1.82) is 0 Å². The van der Waals surface area contributed by atoms with Crippen molar-refractivity contribution < 1.29 is 0 Å². The molecule has 10 heavy (non-hydrogen) atoms. The highest BCUT2D eigenvalue weighted by Crippen LogP contribution is 2.17. The first kappa shape index (κ1) is 5.68. The molecule has 1 aromatic heterocycles. The van der Waals surface area contributed by atoms with Gasteiger partial charge >= 0.3 is 0 Å². The minimum Gasteiger partial charge on any atom is -0.319 e. The van der Waals surface area contributed by atoms with E-state index >= 15 is 0 Å². The van der Waals surface area contributed by atoms with E-state index in [0.29, 0.717) is 0 Å². The Balaban J connectivity index is 2.52. The number of aryl methyl sites for hydroxylation is 1. The molecular formula is C7H9N3. The van der Waals surface area contributed by atoms with Gasteiger partial charge in [-0.15, -0.1) is 0 Å². The predicted octanol–water partition coefficient (Wildman–Crippen LogP) is 0.820. The minimum absolute atomic E-state index is 0.829. The van der Waals surface area contributed by atoms with E-state index in [2.05, 4.69) is 21.9 Å². The van der Waals surface area contributed by atoms with Gasteiger partial charge in [-0.3, -0.25) is 4.98 Å². The van der Waals surface area contributed by atoms with Gasteiger partial charge < -0.3 is 5.43 Å². The molecule has 0 aromatic carbocycles. The third-order valence-corrected chi connectivity index (χ3v) is 1.59. The van der Waals surface area contributed by atoms with Gasteiger partial charge in [0.2, 0.25) is 0 Å². The number of rotatable bonds is 0. The molecule has 0 amide bonds. The number of hydrogen-bond donors (Lipinski definition) is 2. The van der Waals surface area contributed by atoms with Crippen LogP contribution in [0.3, 0.4) is 0 Å². The number of fused-ring (bicyclic) bond motifs is 1. The van der Waals surface area contributed by atoms with Gasteiger partial charge in [0.05, 0.1) is 17.9 Å². The molecule has 0 saturated heterocycles. The zero-order valence-electron chi connectivity index (χ0n) is 5.81. The highest BCUT2D eigenvalue weighted by Gasteiger charge is 2.08. The van der Waals surface area contributed by atoms with E-state index in [1.165, 1.54) is 5.56 Å². The lowest BCUT2D eigenvalue weighted by atomic mass is 10.2. The molecule has 0 atom stereocenters. The largest absolute Gasteiger partial charge is 0.319 e. The summed E-state index contributed by atoms with van der Waals surface area (Å²) >= 11 is 0.